The highest BCUT2D eigenvalue weighted by Gasteiger charge is 2.27. The first-order valence-electron chi connectivity index (χ1n) is 12.0. The topological polar surface area (TPSA) is 67.2 Å². The summed E-state index contributed by atoms with van der Waals surface area (Å²) in [5.41, 5.74) is 2.72. The Bertz CT molecular complexity index is 1360. The van der Waals surface area contributed by atoms with Crippen molar-refractivity contribution in [1.82, 2.24) is 24.6 Å². The van der Waals surface area contributed by atoms with Crippen LogP contribution >= 0.6 is 0 Å². The largest absolute Gasteiger partial charge is 0.352 e. The van der Waals surface area contributed by atoms with E-state index in [1.165, 1.54) is 12.1 Å². The third-order valence-electron chi connectivity index (χ3n) is 6.29. The van der Waals surface area contributed by atoms with Crippen LogP contribution in [0.4, 0.5) is 10.2 Å². The number of hydrogen-bond donors (Lipinski definition) is 0. The quantitative estimate of drug-likeness (QED) is 0.430. The zero-order chi connectivity index (χ0) is 24.5. The maximum absolute atomic E-state index is 14.2. The van der Waals surface area contributed by atoms with Crippen LogP contribution in [0.25, 0.3) is 16.7 Å². The highest BCUT2D eigenvalue weighted by Crippen LogP contribution is 2.30. The van der Waals surface area contributed by atoms with Crippen molar-refractivity contribution in [3.05, 3.63) is 77.5 Å². The van der Waals surface area contributed by atoms with Crippen LogP contribution in [0.1, 0.15) is 35.7 Å². The molecule has 0 radical (unpaired) electrons. The van der Waals surface area contributed by atoms with E-state index < -0.39 is 5.82 Å². The first-order chi connectivity index (χ1) is 16.9. The SMILES string of the molecule is Cc1nn(-c2ccccc2)c2nc(CC(C)C)nc(N3CCN(C(=O)c4ccccc4F)CC3)c12. The van der Waals surface area contributed by atoms with Gasteiger partial charge in [0.2, 0.25) is 0 Å². The van der Waals surface area contributed by atoms with Crippen LogP contribution in [0.5, 0.6) is 0 Å². The van der Waals surface area contributed by atoms with Gasteiger partial charge in [0.05, 0.1) is 22.3 Å². The van der Waals surface area contributed by atoms with Crippen molar-refractivity contribution in [3.8, 4) is 5.69 Å². The highest BCUT2D eigenvalue weighted by atomic mass is 19.1. The number of benzene rings is 2. The molecule has 4 aromatic rings. The van der Waals surface area contributed by atoms with Crippen LogP contribution in [0, 0.1) is 18.7 Å². The highest BCUT2D eigenvalue weighted by molar-refractivity contribution is 5.95. The fraction of sp³-hybridized carbons (Fsp3) is 0.333. The second kappa shape index (κ2) is 9.44. The number of aryl methyl sites for hydroxylation is 1. The van der Waals surface area contributed by atoms with Gasteiger partial charge in [-0.25, -0.2) is 19.0 Å². The van der Waals surface area contributed by atoms with Gasteiger partial charge >= 0.3 is 0 Å². The molecule has 0 bridgehead atoms. The fourth-order valence-corrected chi connectivity index (χ4v) is 4.57. The van der Waals surface area contributed by atoms with Gasteiger partial charge in [-0.2, -0.15) is 5.10 Å². The molecule has 180 valence electrons. The van der Waals surface area contributed by atoms with Gasteiger partial charge in [0.15, 0.2) is 5.65 Å². The number of halogens is 1. The maximum Gasteiger partial charge on any atom is 0.256 e. The van der Waals surface area contributed by atoms with Gasteiger partial charge in [-0.3, -0.25) is 4.79 Å². The van der Waals surface area contributed by atoms with Gasteiger partial charge in [-0.1, -0.05) is 44.2 Å². The summed E-state index contributed by atoms with van der Waals surface area (Å²) in [6.07, 6.45) is 0.758. The van der Waals surface area contributed by atoms with E-state index >= 15 is 0 Å². The Morgan fingerprint density at radius 2 is 1.66 bits per heavy atom. The second-order valence-electron chi connectivity index (χ2n) is 9.35. The number of piperazine rings is 1. The van der Waals surface area contributed by atoms with Gasteiger partial charge in [-0.15, -0.1) is 0 Å². The van der Waals surface area contributed by atoms with Crippen LogP contribution in [-0.4, -0.2) is 56.7 Å². The summed E-state index contributed by atoms with van der Waals surface area (Å²) in [6.45, 7) is 8.47. The molecule has 1 aliphatic heterocycles. The molecule has 1 amide bonds. The first-order valence-corrected chi connectivity index (χ1v) is 12.0. The lowest BCUT2D eigenvalue weighted by atomic mass is 10.1. The smallest absolute Gasteiger partial charge is 0.256 e. The number of hydrogen-bond acceptors (Lipinski definition) is 5. The molecule has 35 heavy (non-hydrogen) atoms. The van der Waals surface area contributed by atoms with Gasteiger partial charge in [-0.05, 0) is 37.1 Å². The lowest BCUT2D eigenvalue weighted by Gasteiger charge is -2.36. The molecule has 1 saturated heterocycles. The Hall–Kier alpha value is -3.81. The molecule has 5 rings (SSSR count). The van der Waals surface area contributed by atoms with E-state index in [1.54, 1.807) is 17.0 Å². The lowest BCUT2D eigenvalue weighted by molar-refractivity contribution is 0.0742. The van der Waals surface area contributed by atoms with Crippen LogP contribution in [-0.2, 0) is 6.42 Å². The number of aromatic nitrogens is 4. The number of anilines is 1. The number of para-hydroxylation sites is 1. The van der Waals surface area contributed by atoms with Gasteiger partial charge < -0.3 is 9.80 Å². The molecule has 1 fully saturated rings. The fourth-order valence-electron chi connectivity index (χ4n) is 4.57. The lowest BCUT2D eigenvalue weighted by Crippen LogP contribution is -2.49. The Balaban J connectivity index is 1.49. The van der Waals surface area contributed by atoms with E-state index in [9.17, 15) is 9.18 Å². The number of amides is 1. The van der Waals surface area contributed by atoms with E-state index in [2.05, 4.69) is 18.7 Å². The molecule has 7 nitrogen and oxygen atoms in total. The molecular weight excluding hydrogens is 443 g/mol. The molecule has 0 saturated carbocycles. The van der Waals surface area contributed by atoms with Crippen molar-refractivity contribution in [3.63, 3.8) is 0 Å². The molecule has 3 heterocycles. The predicted molar refractivity (Wildman–Crippen MR) is 134 cm³/mol. The molecule has 2 aromatic carbocycles. The normalized spacial score (nSPS) is 14.2. The van der Waals surface area contributed by atoms with Crippen LogP contribution in [0.15, 0.2) is 54.6 Å². The number of carbonyl (C=O) groups excluding carboxylic acids is 1. The molecular formula is C27H29FN6O. The molecule has 0 aliphatic carbocycles. The number of carbonyl (C=O) groups is 1. The summed E-state index contributed by atoms with van der Waals surface area (Å²) in [5, 5.41) is 5.74. The minimum Gasteiger partial charge on any atom is -0.352 e. The van der Waals surface area contributed by atoms with Crippen molar-refractivity contribution in [2.24, 2.45) is 5.92 Å². The average molecular weight is 473 g/mol. The second-order valence-corrected chi connectivity index (χ2v) is 9.35. The van der Waals surface area contributed by atoms with Crippen LogP contribution in [0.2, 0.25) is 0 Å². The minimum atomic E-state index is -0.486. The van der Waals surface area contributed by atoms with Crippen molar-refractivity contribution in [1.29, 1.82) is 0 Å². The van der Waals surface area contributed by atoms with Crippen molar-refractivity contribution in [2.45, 2.75) is 27.2 Å². The summed E-state index contributed by atoms with van der Waals surface area (Å²) in [7, 11) is 0. The Kier molecular flexibility index (Phi) is 6.19. The third-order valence-corrected chi connectivity index (χ3v) is 6.29. The van der Waals surface area contributed by atoms with Gasteiger partial charge in [0.25, 0.3) is 5.91 Å². The van der Waals surface area contributed by atoms with E-state index in [0.717, 1.165) is 40.5 Å². The van der Waals surface area contributed by atoms with E-state index in [-0.39, 0.29) is 11.5 Å². The number of fused-ring (bicyclic) bond motifs is 1. The van der Waals surface area contributed by atoms with E-state index in [0.29, 0.717) is 32.1 Å². The Labute approximate surface area is 204 Å². The zero-order valence-electron chi connectivity index (χ0n) is 20.3. The molecule has 0 N–H and O–H groups in total. The van der Waals surface area contributed by atoms with Crippen molar-refractivity contribution in [2.75, 3.05) is 31.1 Å². The predicted octanol–water partition coefficient (Wildman–Crippen LogP) is 4.42. The monoisotopic (exact) mass is 472 g/mol. The maximum atomic E-state index is 14.2. The molecule has 1 aliphatic rings. The van der Waals surface area contributed by atoms with Crippen LogP contribution < -0.4 is 4.90 Å². The molecule has 0 atom stereocenters. The number of nitrogens with zero attached hydrogens (tertiary/aromatic N) is 6. The Morgan fingerprint density at radius 3 is 2.34 bits per heavy atom. The standard InChI is InChI=1S/C27H29FN6O/c1-18(2)17-23-29-25(24-19(3)31-34(26(24)30-23)20-9-5-4-6-10-20)32-13-15-33(16-14-32)27(35)21-11-7-8-12-22(21)28/h4-12,18H,13-17H2,1-3H3. The summed E-state index contributed by atoms with van der Waals surface area (Å²) in [6, 6.07) is 16.1. The van der Waals surface area contributed by atoms with Gasteiger partial charge in [0.1, 0.15) is 17.5 Å². The van der Waals surface area contributed by atoms with E-state index in [4.69, 9.17) is 15.1 Å². The van der Waals surface area contributed by atoms with Gasteiger partial charge in [0, 0.05) is 32.6 Å². The van der Waals surface area contributed by atoms with Crippen molar-refractivity contribution >= 4 is 22.8 Å². The van der Waals surface area contributed by atoms with Crippen LogP contribution in [0.3, 0.4) is 0 Å². The summed E-state index contributed by atoms with van der Waals surface area (Å²) in [5.74, 6) is 1.28. The molecule has 8 heteroatoms. The summed E-state index contributed by atoms with van der Waals surface area (Å²) < 4.78 is 16.0. The van der Waals surface area contributed by atoms with Crippen molar-refractivity contribution < 1.29 is 9.18 Å². The zero-order valence-corrected chi connectivity index (χ0v) is 20.3. The van der Waals surface area contributed by atoms with E-state index in [1.807, 2.05) is 41.9 Å². The number of rotatable bonds is 5. The molecule has 0 unspecified atom stereocenters. The average Bonchev–Trinajstić information content (AvgIpc) is 3.20. The first kappa shape index (κ1) is 23.0. The summed E-state index contributed by atoms with van der Waals surface area (Å²) >= 11 is 0. The molecule has 0 spiro atoms. The third kappa shape index (κ3) is 4.48. The Morgan fingerprint density at radius 1 is 0.971 bits per heavy atom. The molecule has 2 aromatic heterocycles. The summed E-state index contributed by atoms with van der Waals surface area (Å²) in [4.78, 5) is 26.7. The minimum absolute atomic E-state index is 0.115.